The highest BCUT2D eigenvalue weighted by Gasteiger charge is 2.25. The molecule has 1 aliphatic rings. The van der Waals surface area contributed by atoms with Crippen molar-refractivity contribution in [3.8, 4) is 28.7 Å². The smallest absolute Gasteiger partial charge is 0.278 e. The first kappa shape index (κ1) is 14.3. The second-order valence-corrected chi connectivity index (χ2v) is 5.12. The molecule has 0 spiro atoms. The molecule has 0 atom stereocenters. The van der Waals surface area contributed by atoms with Crippen molar-refractivity contribution in [3.05, 3.63) is 36.8 Å². The number of benzene rings is 1. The minimum atomic E-state index is -0.0736. The van der Waals surface area contributed by atoms with Crippen LogP contribution in [0.1, 0.15) is 6.92 Å². The van der Waals surface area contributed by atoms with Gasteiger partial charge in [0.1, 0.15) is 11.4 Å². The van der Waals surface area contributed by atoms with Crippen LogP contribution in [0.4, 0.5) is 5.69 Å². The average molecular weight is 323 g/mol. The van der Waals surface area contributed by atoms with Crippen LogP contribution in [0.25, 0.3) is 23.0 Å². The summed E-state index contributed by atoms with van der Waals surface area (Å²) in [4.78, 5) is 26.1. The van der Waals surface area contributed by atoms with Crippen molar-refractivity contribution in [1.82, 2.24) is 20.1 Å². The van der Waals surface area contributed by atoms with Crippen molar-refractivity contribution in [2.75, 3.05) is 18.1 Å². The molecule has 0 radical (unpaired) electrons. The van der Waals surface area contributed by atoms with E-state index in [9.17, 15) is 4.79 Å². The van der Waals surface area contributed by atoms with Crippen molar-refractivity contribution in [1.29, 1.82) is 0 Å². The fourth-order valence-corrected chi connectivity index (χ4v) is 2.54. The Morgan fingerprint density at radius 2 is 2.21 bits per heavy atom. The zero-order chi connectivity index (χ0) is 16.5. The van der Waals surface area contributed by atoms with Crippen molar-refractivity contribution in [2.24, 2.45) is 0 Å². The van der Waals surface area contributed by atoms with E-state index in [1.807, 2.05) is 19.1 Å². The van der Waals surface area contributed by atoms with E-state index in [2.05, 4.69) is 20.1 Å². The van der Waals surface area contributed by atoms with Crippen LogP contribution >= 0.6 is 0 Å². The Kier molecular flexibility index (Phi) is 3.42. The van der Waals surface area contributed by atoms with E-state index in [-0.39, 0.29) is 18.4 Å². The van der Waals surface area contributed by atoms with E-state index < -0.39 is 0 Å². The number of hydrogen-bond acceptors (Lipinski definition) is 7. The second-order valence-electron chi connectivity index (χ2n) is 5.12. The van der Waals surface area contributed by atoms with Crippen LogP contribution in [0.15, 0.2) is 41.3 Å². The Balaban J connectivity index is 1.72. The first-order chi connectivity index (χ1) is 11.8. The zero-order valence-corrected chi connectivity index (χ0v) is 12.8. The number of aromatic nitrogens is 4. The Morgan fingerprint density at radius 3 is 3.00 bits per heavy atom. The van der Waals surface area contributed by atoms with Gasteiger partial charge in [-0.25, -0.2) is 4.98 Å². The predicted molar refractivity (Wildman–Crippen MR) is 84.3 cm³/mol. The standard InChI is InChI=1S/C16H13N5O3/c1-2-21-12-7-10(3-4-13(12)23-9-14(21)22)15-19-16(24-20-15)11-8-17-5-6-18-11/h3-8H,2,9H2,1H3. The lowest BCUT2D eigenvalue weighted by Gasteiger charge is -2.28. The molecular formula is C16H13N5O3. The summed E-state index contributed by atoms with van der Waals surface area (Å²) in [6, 6.07) is 5.45. The maximum atomic E-state index is 12.0. The van der Waals surface area contributed by atoms with Crippen LogP contribution in [-0.2, 0) is 4.79 Å². The van der Waals surface area contributed by atoms with Gasteiger partial charge in [0, 0.05) is 24.5 Å². The lowest BCUT2D eigenvalue weighted by molar-refractivity contribution is -0.121. The average Bonchev–Trinajstić information content (AvgIpc) is 3.12. The number of amides is 1. The maximum absolute atomic E-state index is 12.0. The number of carbonyl (C=O) groups excluding carboxylic acids is 1. The van der Waals surface area contributed by atoms with Crippen LogP contribution < -0.4 is 9.64 Å². The molecule has 0 unspecified atom stereocenters. The SMILES string of the molecule is CCN1C(=O)COc2ccc(-c3noc(-c4cnccn4)n3)cc21. The minimum absolute atomic E-state index is 0.0548. The van der Waals surface area contributed by atoms with Crippen LogP contribution in [0.3, 0.4) is 0 Å². The summed E-state index contributed by atoms with van der Waals surface area (Å²) in [6.07, 6.45) is 4.68. The topological polar surface area (TPSA) is 94.2 Å². The van der Waals surface area contributed by atoms with Crippen LogP contribution in [-0.4, -0.2) is 39.2 Å². The number of carbonyl (C=O) groups is 1. The molecule has 0 saturated carbocycles. The zero-order valence-electron chi connectivity index (χ0n) is 12.8. The van der Waals surface area contributed by atoms with Gasteiger partial charge < -0.3 is 14.2 Å². The second kappa shape index (κ2) is 5.73. The molecule has 3 heterocycles. The summed E-state index contributed by atoms with van der Waals surface area (Å²) in [5, 5.41) is 3.98. The monoisotopic (exact) mass is 323 g/mol. The maximum Gasteiger partial charge on any atom is 0.278 e. The van der Waals surface area contributed by atoms with Crippen molar-refractivity contribution in [3.63, 3.8) is 0 Å². The molecule has 4 rings (SSSR count). The molecule has 0 fully saturated rings. The summed E-state index contributed by atoms with van der Waals surface area (Å²) in [5.74, 6) is 1.29. The van der Waals surface area contributed by atoms with Gasteiger partial charge in [-0.1, -0.05) is 5.16 Å². The van der Waals surface area contributed by atoms with E-state index in [0.29, 0.717) is 29.5 Å². The molecule has 0 bridgehead atoms. The number of likely N-dealkylation sites (N-methyl/N-ethyl adjacent to an activating group) is 1. The van der Waals surface area contributed by atoms with Gasteiger partial charge >= 0.3 is 0 Å². The Morgan fingerprint density at radius 1 is 1.29 bits per heavy atom. The molecule has 8 heteroatoms. The molecule has 0 aliphatic carbocycles. The molecule has 0 saturated heterocycles. The molecular weight excluding hydrogens is 310 g/mol. The van der Waals surface area contributed by atoms with Crippen molar-refractivity contribution < 1.29 is 14.1 Å². The molecule has 120 valence electrons. The van der Waals surface area contributed by atoms with Gasteiger partial charge in [-0.2, -0.15) is 4.98 Å². The highest BCUT2D eigenvalue weighted by Crippen LogP contribution is 2.35. The highest BCUT2D eigenvalue weighted by molar-refractivity contribution is 5.98. The summed E-state index contributed by atoms with van der Waals surface area (Å²) in [7, 11) is 0. The molecule has 0 N–H and O–H groups in total. The summed E-state index contributed by atoms with van der Waals surface area (Å²) >= 11 is 0. The van der Waals surface area contributed by atoms with E-state index in [1.54, 1.807) is 29.6 Å². The summed E-state index contributed by atoms with van der Waals surface area (Å²) < 4.78 is 10.7. The number of nitrogens with zero attached hydrogens (tertiary/aromatic N) is 5. The Bertz CT molecular complexity index is 894. The molecule has 1 aliphatic heterocycles. The molecule has 24 heavy (non-hydrogen) atoms. The molecule has 1 amide bonds. The first-order valence-electron chi connectivity index (χ1n) is 7.44. The summed E-state index contributed by atoms with van der Waals surface area (Å²) in [5.41, 5.74) is 1.93. The van der Waals surface area contributed by atoms with Gasteiger partial charge in [-0.3, -0.25) is 9.78 Å². The van der Waals surface area contributed by atoms with E-state index in [4.69, 9.17) is 9.26 Å². The lowest BCUT2D eigenvalue weighted by atomic mass is 10.1. The first-order valence-corrected chi connectivity index (χ1v) is 7.44. The number of hydrogen-bond donors (Lipinski definition) is 0. The molecule has 3 aromatic rings. The number of anilines is 1. The molecule has 1 aromatic carbocycles. The third-order valence-corrected chi connectivity index (χ3v) is 3.68. The van der Waals surface area contributed by atoms with Gasteiger partial charge in [-0.15, -0.1) is 0 Å². The van der Waals surface area contributed by atoms with Crippen molar-refractivity contribution in [2.45, 2.75) is 6.92 Å². The number of ether oxygens (including phenoxy) is 1. The minimum Gasteiger partial charge on any atom is -0.482 e. The molecule has 8 nitrogen and oxygen atoms in total. The highest BCUT2D eigenvalue weighted by atomic mass is 16.5. The lowest BCUT2D eigenvalue weighted by Crippen LogP contribution is -2.38. The number of rotatable bonds is 3. The van der Waals surface area contributed by atoms with E-state index in [1.165, 1.54) is 0 Å². The fraction of sp³-hybridized carbons (Fsp3) is 0.188. The van der Waals surface area contributed by atoms with Gasteiger partial charge in [0.2, 0.25) is 5.82 Å². The fourth-order valence-electron chi connectivity index (χ4n) is 2.54. The third kappa shape index (κ3) is 2.37. The normalized spacial score (nSPS) is 13.5. The quantitative estimate of drug-likeness (QED) is 0.727. The van der Waals surface area contributed by atoms with E-state index >= 15 is 0 Å². The molecule has 2 aromatic heterocycles. The van der Waals surface area contributed by atoms with Crippen LogP contribution in [0.2, 0.25) is 0 Å². The Hall–Kier alpha value is -3.29. The Labute approximate surface area is 137 Å². The van der Waals surface area contributed by atoms with Crippen molar-refractivity contribution >= 4 is 11.6 Å². The summed E-state index contributed by atoms with van der Waals surface area (Å²) in [6.45, 7) is 2.54. The third-order valence-electron chi connectivity index (χ3n) is 3.68. The largest absolute Gasteiger partial charge is 0.482 e. The van der Waals surface area contributed by atoms with Gasteiger partial charge in [0.05, 0.1) is 11.9 Å². The van der Waals surface area contributed by atoms with Crippen LogP contribution in [0, 0.1) is 0 Å². The number of fused-ring (bicyclic) bond motifs is 1. The van der Waals surface area contributed by atoms with Gasteiger partial charge in [-0.05, 0) is 25.1 Å². The van der Waals surface area contributed by atoms with Crippen LogP contribution in [0.5, 0.6) is 5.75 Å². The van der Waals surface area contributed by atoms with E-state index in [0.717, 1.165) is 5.56 Å². The van der Waals surface area contributed by atoms with Gasteiger partial charge in [0.25, 0.3) is 11.8 Å². The predicted octanol–water partition coefficient (Wildman–Crippen LogP) is 1.94. The van der Waals surface area contributed by atoms with Gasteiger partial charge in [0.15, 0.2) is 6.61 Å².